The lowest BCUT2D eigenvalue weighted by Gasteiger charge is -1.91. The number of rotatable bonds is 1. The summed E-state index contributed by atoms with van der Waals surface area (Å²) in [5.41, 5.74) is 1.57. The van der Waals surface area contributed by atoms with E-state index in [9.17, 15) is 0 Å². The molecule has 0 saturated heterocycles. The van der Waals surface area contributed by atoms with E-state index in [2.05, 4.69) is 20.2 Å². The predicted molar refractivity (Wildman–Crippen MR) is 41.8 cm³/mol. The highest BCUT2D eigenvalue weighted by Gasteiger charge is 2.00. The fourth-order valence-corrected chi connectivity index (χ4v) is 0.903. The monoisotopic (exact) mass is 159 g/mol. The molecule has 4 nitrogen and oxygen atoms in total. The maximum atomic E-state index is 4.12. The molecule has 0 amide bonds. The van der Waals surface area contributed by atoms with Gasteiger partial charge in [-0.25, -0.2) is 9.97 Å². The molecule has 0 aliphatic carbocycles. The molecule has 2 aromatic rings. The molecule has 0 radical (unpaired) electrons. The van der Waals surface area contributed by atoms with Crippen LogP contribution in [0.5, 0.6) is 0 Å². The minimum absolute atomic E-state index is 0.773. The largest absolute Gasteiger partial charge is 0.242 e. The van der Waals surface area contributed by atoms with Crippen LogP contribution in [-0.4, -0.2) is 15.2 Å². The van der Waals surface area contributed by atoms with Crippen LogP contribution in [0.3, 0.4) is 0 Å². The van der Waals surface area contributed by atoms with Crippen LogP contribution in [0.2, 0.25) is 0 Å². The van der Waals surface area contributed by atoms with Gasteiger partial charge in [0.1, 0.15) is 5.69 Å². The Morgan fingerprint density at radius 2 is 2.17 bits per heavy atom. The molecule has 0 aliphatic rings. The van der Waals surface area contributed by atoms with Gasteiger partial charge in [0.15, 0.2) is 18.1 Å². The fourth-order valence-electron chi connectivity index (χ4n) is 0.903. The first-order valence-electron chi connectivity index (χ1n) is 3.57. The molecule has 0 atom stereocenters. The summed E-state index contributed by atoms with van der Waals surface area (Å²) < 4.78 is 0. The molecule has 0 unspecified atom stereocenters. The molecule has 2 heterocycles. The maximum absolute atomic E-state index is 4.12. The SMILES string of the molecule is c1cnnc(-c2c[nH+]ccn2)c1. The summed E-state index contributed by atoms with van der Waals surface area (Å²) >= 11 is 0. The molecule has 2 rings (SSSR count). The van der Waals surface area contributed by atoms with Crippen molar-refractivity contribution in [2.24, 2.45) is 0 Å². The first kappa shape index (κ1) is 6.84. The van der Waals surface area contributed by atoms with Gasteiger partial charge in [-0.05, 0) is 12.1 Å². The zero-order valence-electron chi connectivity index (χ0n) is 6.31. The second-order valence-electron chi connectivity index (χ2n) is 2.25. The van der Waals surface area contributed by atoms with E-state index < -0.39 is 0 Å². The highest BCUT2D eigenvalue weighted by molar-refractivity contribution is 5.49. The summed E-state index contributed by atoms with van der Waals surface area (Å²) in [6, 6.07) is 3.69. The Balaban J connectivity index is 2.46. The topological polar surface area (TPSA) is 52.8 Å². The smallest absolute Gasteiger partial charge is 0.195 e. The van der Waals surface area contributed by atoms with Gasteiger partial charge in [0.25, 0.3) is 0 Å². The van der Waals surface area contributed by atoms with Crippen molar-refractivity contribution in [3.05, 3.63) is 36.9 Å². The lowest BCUT2D eigenvalue weighted by molar-refractivity contribution is -0.378. The molecule has 4 heteroatoms. The van der Waals surface area contributed by atoms with Crippen LogP contribution < -0.4 is 4.98 Å². The minimum atomic E-state index is 0.773. The van der Waals surface area contributed by atoms with Crippen molar-refractivity contribution < 1.29 is 4.98 Å². The van der Waals surface area contributed by atoms with Crippen LogP contribution in [0, 0.1) is 0 Å². The third-order valence-corrected chi connectivity index (χ3v) is 1.44. The van der Waals surface area contributed by atoms with Crippen molar-refractivity contribution in [3.8, 4) is 11.4 Å². The summed E-state index contributed by atoms with van der Waals surface area (Å²) in [7, 11) is 0. The Kier molecular flexibility index (Phi) is 1.74. The van der Waals surface area contributed by atoms with Gasteiger partial charge in [0.05, 0.1) is 6.20 Å². The van der Waals surface area contributed by atoms with Crippen molar-refractivity contribution in [2.75, 3.05) is 0 Å². The summed E-state index contributed by atoms with van der Waals surface area (Å²) in [5.74, 6) is 0. The molecule has 0 fully saturated rings. The summed E-state index contributed by atoms with van der Waals surface area (Å²) in [6.45, 7) is 0. The first-order chi connectivity index (χ1) is 5.97. The van der Waals surface area contributed by atoms with Gasteiger partial charge in [0, 0.05) is 6.20 Å². The van der Waals surface area contributed by atoms with Crippen LogP contribution in [0.4, 0.5) is 0 Å². The Labute approximate surface area is 69.3 Å². The van der Waals surface area contributed by atoms with Gasteiger partial charge in [-0.2, -0.15) is 5.10 Å². The van der Waals surface area contributed by atoms with E-state index in [1.807, 2.05) is 12.1 Å². The quantitative estimate of drug-likeness (QED) is 0.603. The maximum Gasteiger partial charge on any atom is 0.195 e. The number of aromatic amines is 1. The highest BCUT2D eigenvalue weighted by Crippen LogP contribution is 2.07. The average molecular weight is 159 g/mol. The third-order valence-electron chi connectivity index (χ3n) is 1.44. The molecule has 0 aromatic carbocycles. The number of aromatic nitrogens is 4. The molecular weight excluding hydrogens is 152 g/mol. The van der Waals surface area contributed by atoms with Crippen molar-refractivity contribution in [3.63, 3.8) is 0 Å². The van der Waals surface area contributed by atoms with E-state index in [-0.39, 0.29) is 0 Å². The van der Waals surface area contributed by atoms with Crippen molar-refractivity contribution >= 4 is 0 Å². The highest BCUT2D eigenvalue weighted by atomic mass is 15.1. The van der Waals surface area contributed by atoms with Gasteiger partial charge in [0.2, 0.25) is 0 Å². The van der Waals surface area contributed by atoms with Gasteiger partial charge < -0.3 is 0 Å². The van der Waals surface area contributed by atoms with Crippen molar-refractivity contribution in [2.45, 2.75) is 0 Å². The zero-order valence-corrected chi connectivity index (χ0v) is 6.31. The third kappa shape index (κ3) is 1.27. The molecule has 58 valence electrons. The van der Waals surface area contributed by atoms with E-state index in [1.165, 1.54) is 0 Å². The molecule has 12 heavy (non-hydrogen) atoms. The fraction of sp³-hybridized carbons (Fsp3) is 0. The van der Waals surface area contributed by atoms with Crippen LogP contribution in [0.1, 0.15) is 0 Å². The Morgan fingerprint density at radius 3 is 2.83 bits per heavy atom. The Hall–Kier alpha value is -1.84. The normalized spacial score (nSPS) is 9.67. The lowest BCUT2D eigenvalue weighted by Crippen LogP contribution is -2.01. The van der Waals surface area contributed by atoms with Crippen LogP contribution in [0.15, 0.2) is 36.9 Å². The molecule has 0 spiro atoms. The molecular formula is C8H7N4+. The van der Waals surface area contributed by atoms with Crippen molar-refractivity contribution in [1.82, 2.24) is 15.2 Å². The number of hydrogen-bond donors (Lipinski definition) is 0. The summed E-state index contributed by atoms with van der Waals surface area (Å²) in [5, 5.41) is 7.67. The Bertz CT molecular complexity index is 308. The van der Waals surface area contributed by atoms with E-state index in [4.69, 9.17) is 0 Å². The first-order valence-corrected chi connectivity index (χ1v) is 3.57. The van der Waals surface area contributed by atoms with E-state index in [1.54, 1.807) is 24.8 Å². The van der Waals surface area contributed by atoms with Gasteiger partial charge >= 0.3 is 0 Å². The van der Waals surface area contributed by atoms with Gasteiger partial charge in [-0.1, -0.05) is 0 Å². The average Bonchev–Trinajstić information content (AvgIpc) is 2.21. The summed E-state index contributed by atoms with van der Waals surface area (Å²) in [4.78, 5) is 7.04. The number of hydrogen-bond acceptors (Lipinski definition) is 3. The van der Waals surface area contributed by atoms with E-state index in [0.29, 0.717) is 0 Å². The standard InChI is InChI=1S/C8H6N4/c1-2-7(12-11-3-1)8-6-9-4-5-10-8/h1-6H/p+1. The lowest BCUT2D eigenvalue weighted by atomic mass is 10.3. The van der Waals surface area contributed by atoms with Gasteiger partial charge in [-0.3, -0.25) is 0 Å². The molecule has 1 N–H and O–H groups in total. The van der Waals surface area contributed by atoms with Crippen molar-refractivity contribution in [1.29, 1.82) is 0 Å². The zero-order chi connectivity index (χ0) is 8.23. The predicted octanol–water partition coefficient (Wildman–Crippen LogP) is 0.353. The van der Waals surface area contributed by atoms with Crippen LogP contribution >= 0.6 is 0 Å². The van der Waals surface area contributed by atoms with Crippen LogP contribution in [-0.2, 0) is 0 Å². The van der Waals surface area contributed by atoms with E-state index in [0.717, 1.165) is 11.4 Å². The van der Waals surface area contributed by atoms with E-state index >= 15 is 0 Å². The molecule has 0 aliphatic heterocycles. The minimum Gasteiger partial charge on any atom is -0.242 e. The van der Waals surface area contributed by atoms with Gasteiger partial charge in [-0.15, -0.1) is 5.10 Å². The number of nitrogens with zero attached hydrogens (tertiary/aromatic N) is 3. The second kappa shape index (κ2) is 3.04. The number of H-pyrrole nitrogens is 1. The van der Waals surface area contributed by atoms with Crippen LogP contribution in [0.25, 0.3) is 11.4 Å². The Morgan fingerprint density at radius 1 is 1.17 bits per heavy atom. The molecule has 0 saturated carbocycles. The summed E-state index contributed by atoms with van der Waals surface area (Å²) in [6.07, 6.45) is 6.85. The second-order valence-corrected chi connectivity index (χ2v) is 2.25. The number of nitrogens with one attached hydrogen (secondary N) is 1. The molecule has 2 aromatic heterocycles. The molecule has 0 bridgehead atoms.